The number of halogens is 3. The monoisotopic (exact) mass is 517 g/mol. The number of fused-ring (bicyclic) bond motifs is 1. The lowest BCUT2D eigenvalue weighted by Crippen LogP contribution is -2.48. The number of nitrogens with zero attached hydrogens (tertiary/aromatic N) is 4. The summed E-state index contributed by atoms with van der Waals surface area (Å²) in [6, 6.07) is 6.90. The van der Waals surface area contributed by atoms with Crippen molar-refractivity contribution in [2.45, 2.75) is 33.0 Å². The number of methoxy groups -OCH3 is 1. The molecule has 2 aromatic carbocycles. The third kappa shape index (κ3) is 5.71. The van der Waals surface area contributed by atoms with E-state index in [1.807, 2.05) is 7.05 Å². The molecule has 8 nitrogen and oxygen atoms in total. The van der Waals surface area contributed by atoms with Gasteiger partial charge in [-0.05, 0) is 51.1 Å². The van der Waals surface area contributed by atoms with E-state index in [4.69, 9.17) is 9.47 Å². The molecule has 0 aliphatic carbocycles. The molecule has 0 radical (unpaired) electrons. The fraction of sp³-hybridized carbons (Fsp3) is 0.423. The summed E-state index contributed by atoms with van der Waals surface area (Å²) in [5, 5.41) is 3.78. The highest BCUT2D eigenvalue weighted by Gasteiger charge is 2.33. The number of carbonyl (C=O) groups excluding carboxylic acids is 1. The number of ether oxygens (including phenoxy) is 2. The van der Waals surface area contributed by atoms with Crippen LogP contribution >= 0.6 is 0 Å². The molecule has 0 saturated carbocycles. The minimum Gasteiger partial charge on any atom is -0.493 e. The van der Waals surface area contributed by atoms with Crippen molar-refractivity contribution in [3.63, 3.8) is 0 Å². The van der Waals surface area contributed by atoms with Crippen LogP contribution in [0.25, 0.3) is 10.9 Å². The normalized spacial score (nSPS) is 15.5. The Morgan fingerprint density at radius 1 is 1.08 bits per heavy atom. The van der Waals surface area contributed by atoms with Crippen LogP contribution in [0.2, 0.25) is 0 Å². The molecule has 1 amide bonds. The number of rotatable bonds is 5. The molecule has 2 heterocycles. The van der Waals surface area contributed by atoms with E-state index >= 15 is 0 Å². The molecule has 37 heavy (non-hydrogen) atoms. The van der Waals surface area contributed by atoms with Gasteiger partial charge in [-0.15, -0.1) is 0 Å². The van der Waals surface area contributed by atoms with Crippen molar-refractivity contribution in [1.82, 2.24) is 19.8 Å². The van der Waals surface area contributed by atoms with Crippen LogP contribution in [0.5, 0.6) is 11.5 Å². The molecular weight excluding hydrogens is 487 g/mol. The summed E-state index contributed by atoms with van der Waals surface area (Å²) in [6.45, 7) is 7.54. The van der Waals surface area contributed by atoms with E-state index in [0.29, 0.717) is 46.9 Å². The summed E-state index contributed by atoms with van der Waals surface area (Å²) in [5.74, 6) is 1.41. The maximum absolute atomic E-state index is 13.5. The van der Waals surface area contributed by atoms with E-state index in [2.05, 4.69) is 20.2 Å². The highest BCUT2D eigenvalue weighted by Crippen LogP contribution is 2.38. The largest absolute Gasteiger partial charge is 0.493 e. The SMILES string of the molecule is COc1cc2nc(C)nc(NC(C)c3cccc(C(F)(F)F)c3C)c2cc1OC(=O)N1CCN(C)CC1. The summed E-state index contributed by atoms with van der Waals surface area (Å²) in [4.78, 5) is 25.6. The molecule has 11 heteroatoms. The Labute approximate surface area is 213 Å². The zero-order valence-corrected chi connectivity index (χ0v) is 21.4. The lowest BCUT2D eigenvalue weighted by Gasteiger charge is -2.31. The molecule has 0 bridgehead atoms. The quantitative estimate of drug-likeness (QED) is 0.499. The van der Waals surface area contributed by atoms with Crippen LogP contribution in [0.1, 0.15) is 35.5 Å². The molecule has 0 spiro atoms. The van der Waals surface area contributed by atoms with Crippen molar-refractivity contribution in [3.05, 3.63) is 52.8 Å². The number of piperazine rings is 1. The molecule has 1 fully saturated rings. The second-order valence-corrected chi connectivity index (χ2v) is 9.18. The Kier molecular flexibility index (Phi) is 7.44. The second-order valence-electron chi connectivity index (χ2n) is 9.18. The molecule has 1 aromatic heterocycles. The number of anilines is 1. The van der Waals surface area contributed by atoms with Crippen molar-refractivity contribution < 1.29 is 27.4 Å². The molecule has 3 aromatic rings. The van der Waals surface area contributed by atoms with Crippen molar-refractivity contribution in [2.24, 2.45) is 0 Å². The number of carbonyl (C=O) groups is 1. The van der Waals surface area contributed by atoms with Crippen LogP contribution in [0.4, 0.5) is 23.8 Å². The molecule has 4 rings (SSSR count). The number of aromatic nitrogens is 2. The van der Waals surface area contributed by atoms with Gasteiger partial charge >= 0.3 is 12.3 Å². The van der Waals surface area contributed by atoms with Gasteiger partial charge in [0.15, 0.2) is 11.5 Å². The Morgan fingerprint density at radius 3 is 2.43 bits per heavy atom. The zero-order valence-electron chi connectivity index (χ0n) is 21.4. The number of nitrogens with one attached hydrogen (secondary N) is 1. The van der Waals surface area contributed by atoms with E-state index in [9.17, 15) is 18.0 Å². The maximum atomic E-state index is 13.5. The van der Waals surface area contributed by atoms with E-state index in [-0.39, 0.29) is 11.3 Å². The van der Waals surface area contributed by atoms with Crippen molar-refractivity contribution in [1.29, 1.82) is 0 Å². The third-order valence-corrected chi connectivity index (χ3v) is 6.55. The fourth-order valence-corrected chi connectivity index (χ4v) is 4.46. The first-order chi connectivity index (χ1) is 17.5. The third-order valence-electron chi connectivity index (χ3n) is 6.55. The molecule has 1 aliphatic heterocycles. The van der Waals surface area contributed by atoms with E-state index in [0.717, 1.165) is 19.2 Å². The van der Waals surface area contributed by atoms with Crippen LogP contribution in [-0.4, -0.2) is 66.2 Å². The van der Waals surface area contributed by atoms with Crippen LogP contribution in [0, 0.1) is 13.8 Å². The Hall–Kier alpha value is -3.60. The first-order valence-corrected chi connectivity index (χ1v) is 11.9. The summed E-state index contributed by atoms with van der Waals surface area (Å²) in [5.41, 5.74) is 0.507. The molecule has 1 unspecified atom stereocenters. The van der Waals surface area contributed by atoms with E-state index < -0.39 is 23.9 Å². The van der Waals surface area contributed by atoms with Gasteiger partial charge < -0.3 is 24.6 Å². The van der Waals surface area contributed by atoms with Crippen molar-refractivity contribution in [3.8, 4) is 11.5 Å². The number of benzene rings is 2. The second kappa shape index (κ2) is 10.4. The van der Waals surface area contributed by atoms with Gasteiger partial charge in [-0.1, -0.05) is 12.1 Å². The first-order valence-electron chi connectivity index (χ1n) is 11.9. The topological polar surface area (TPSA) is 79.8 Å². The highest BCUT2D eigenvalue weighted by molar-refractivity contribution is 5.92. The van der Waals surface area contributed by atoms with Gasteiger partial charge in [-0.2, -0.15) is 13.2 Å². The molecule has 1 aliphatic rings. The highest BCUT2D eigenvalue weighted by atomic mass is 19.4. The van der Waals surface area contributed by atoms with Crippen LogP contribution in [-0.2, 0) is 6.18 Å². The van der Waals surface area contributed by atoms with Crippen LogP contribution < -0.4 is 14.8 Å². The predicted octanol–water partition coefficient (Wildman–Crippen LogP) is 5.19. The zero-order chi connectivity index (χ0) is 26.9. The molecular formula is C26H30F3N5O3. The van der Waals surface area contributed by atoms with Gasteiger partial charge in [-0.3, -0.25) is 0 Å². The lowest BCUT2D eigenvalue weighted by molar-refractivity contribution is -0.138. The van der Waals surface area contributed by atoms with Crippen molar-refractivity contribution >= 4 is 22.8 Å². The molecule has 198 valence electrons. The smallest absolute Gasteiger partial charge is 0.416 e. The predicted molar refractivity (Wildman–Crippen MR) is 134 cm³/mol. The first kappa shape index (κ1) is 26.5. The standard InChI is InChI=1S/C26H30F3N5O3/c1-15-18(7-6-8-20(15)26(27,28)29)16(2)30-24-19-13-23(22(36-5)14-21(19)31-17(3)32-24)37-25(35)34-11-9-33(4)10-12-34/h6-8,13-14,16H,9-12H2,1-5H3,(H,30,31,32). The summed E-state index contributed by atoms with van der Waals surface area (Å²) in [7, 11) is 3.47. The molecule has 1 N–H and O–H groups in total. The van der Waals surface area contributed by atoms with Gasteiger partial charge in [0.1, 0.15) is 11.6 Å². The lowest BCUT2D eigenvalue weighted by atomic mass is 9.97. The van der Waals surface area contributed by atoms with Crippen molar-refractivity contribution in [2.75, 3.05) is 45.7 Å². The van der Waals surface area contributed by atoms with E-state index in [1.165, 1.54) is 20.1 Å². The van der Waals surface area contributed by atoms with Gasteiger partial charge in [0.2, 0.25) is 0 Å². The Balaban J connectivity index is 1.68. The number of hydrogen-bond acceptors (Lipinski definition) is 7. The summed E-state index contributed by atoms with van der Waals surface area (Å²) < 4.78 is 51.5. The minimum absolute atomic E-state index is 0.147. The van der Waals surface area contributed by atoms with Crippen LogP contribution in [0.3, 0.4) is 0 Å². The van der Waals surface area contributed by atoms with Gasteiger partial charge in [0.05, 0.1) is 24.2 Å². The Bertz CT molecular complexity index is 1310. The van der Waals surface area contributed by atoms with E-state index in [1.54, 1.807) is 36.9 Å². The number of alkyl halides is 3. The summed E-state index contributed by atoms with van der Waals surface area (Å²) in [6.07, 6.45) is -4.93. The number of likely N-dealkylation sites (N-methyl/N-ethyl adjacent to an activating group) is 1. The average molecular weight is 518 g/mol. The summed E-state index contributed by atoms with van der Waals surface area (Å²) >= 11 is 0. The van der Waals surface area contributed by atoms with Crippen LogP contribution in [0.15, 0.2) is 30.3 Å². The Morgan fingerprint density at radius 2 is 1.78 bits per heavy atom. The number of aryl methyl sites for hydroxylation is 1. The number of amides is 1. The molecule has 1 saturated heterocycles. The molecule has 1 atom stereocenters. The average Bonchev–Trinajstić information content (AvgIpc) is 2.83. The van der Waals surface area contributed by atoms with Gasteiger partial charge in [0.25, 0.3) is 0 Å². The number of hydrogen-bond donors (Lipinski definition) is 1. The van der Waals surface area contributed by atoms with Gasteiger partial charge in [0, 0.05) is 37.6 Å². The maximum Gasteiger partial charge on any atom is 0.416 e. The minimum atomic E-state index is -4.45. The van der Waals surface area contributed by atoms with Gasteiger partial charge in [-0.25, -0.2) is 14.8 Å². The fourth-order valence-electron chi connectivity index (χ4n) is 4.46.